The van der Waals surface area contributed by atoms with Gasteiger partial charge in [0.25, 0.3) is 5.90 Å². The Labute approximate surface area is 172 Å². The molecule has 0 aromatic heterocycles. The number of rotatable bonds is 1. The van der Waals surface area contributed by atoms with Crippen molar-refractivity contribution in [2.75, 3.05) is 6.54 Å². The molecule has 4 heteroatoms. The third kappa shape index (κ3) is 11.0. The van der Waals surface area contributed by atoms with Gasteiger partial charge < -0.3 is 4.84 Å². The van der Waals surface area contributed by atoms with Gasteiger partial charge in [-0.25, -0.2) is 4.99 Å². The number of carbonyl (C=O) groups excluding carboxylic acids is 1. The van der Waals surface area contributed by atoms with Crippen molar-refractivity contribution >= 4 is 17.4 Å². The first-order chi connectivity index (χ1) is 13.9. The van der Waals surface area contributed by atoms with Gasteiger partial charge in [-0.3, -0.25) is 4.79 Å². The van der Waals surface area contributed by atoms with Crippen LogP contribution >= 0.6 is 0 Å². The Morgan fingerprint density at radius 1 is 0.571 bits per heavy atom. The van der Waals surface area contributed by atoms with Crippen LogP contribution in [0.5, 0.6) is 0 Å². The quantitative estimate of drug-likeness (QED) is 0.446. The maximum atomic E-state index is 12.6. The number of hydrogen-bond donors (Lipinski definition) is 0. The van der Waals surface area contributed by atoms with Crippen molar-refractivity contribution in [3.8, 4) is 0 Å². The van der Waals surface area contributed by atoms with E-state index >= 15 is 0 Å². The summed E-state index contributed by atoms with van der Waals surface area (Å²) in [6, 6.07) is 0. The van der Waals surface area contributed by atoms with E-state index in [9.17, 15) is 4.79 Å². The lowest BCUT2D eigenvalue weighted by Gasteiger charge is -2.10. The summed E-state index contributed by atoms with van der Waals surface area (Å²) < 4.78 is 0. The molecular weight excluding hydrogens is 348 g/mol. The smallest absolute Gasteiger partial charge is 0.287 e. The van der Waals surface area contributed by atoms with Crippen LogP contribution in [0.15, 0.2) is 10.1 Å². The minimum absolute atomic E-state index is 0.0387. The van der Waals surface area contributed by atoms with Crippen molar-refractivity contribution in [2.24, 2.45) is 10.1 Å². The molecule has 1 fully saturated rings. The molecule has 0 aromatic carbocycles. The molecule has 28 heavy (non-hydrogen) atoms. The second-order valence-corrected chi connectivity index (χ2v) is 8.62. The minimum Gasteiger partial charge on any atom is -0.333 e. The van der Waals surface area contributed by atoms with Crippen LogP contribution in [-0.4, -0.2) is 23.9 Å². The van der Waals surface area contributed by atoms with E-state index in [1.807, 2.05) is 0 Å². The van der Waals surface area contributed by atoms with Gasteiger partial charge in [0, 0.05) is 13.0 Å². The third-order valence-corrected chi connectivity index (χ3v) is 6.00. The largest absolute Gasteiger partial charge is 0.333 e. The third-order valence-electron chi connectivity index (χ3n) is 6.00. The first kappa shape index (κ1) is 23.1. The zero-order chi connectivity index (χ0) is 19.7. The van der Waals surface area contributed by atoms with Gasteiger partial charge in [-0.15, -0.1) is 0 Å². The second kappa shape index (κ2) is 15.7. The highest BCUT2D eigenvalue weighted by Gasteiger charge is 2.14. The van der Waals surface area contributed by atoms with E-state index in [0.29, 0.717) is 13.0 Å². The van der Waals surface area contributed by atoms with E-state index in [4.69, 9.17) is 4.84 Å². The summed E-state index contributed by atoms with van der Waals surface area (Å²) in [7, 11) is 0. The maximum absolute atomic E-state index is 12.6. The summed E-state index contributed by atoms with van der Waals surface area (Å²) in [6.45, 7) is 0.686. The standard InChI is InChI=1S/C24H42N2O2/c27-23-20-16-12-8-4-5-9-13-17-21-25-24(23)28-26-22-18-14-10-6-2-1-3-7-11-15-19-22/h1-21H2. The molecule has 1 saturated carbocycles. The SMILES string of the molecule is O=C1CCCCCCCCCCN=C1ON=C1CCCCCCCCCCC1. The van der Waals surface area contributed by atoms with E-state index in [0.717, 1.165) is 37.8 Å². The molecular formula is C24H42N2O2. The van der Waals surface area contributed by atoms with E-state index < -0.39 is 0 Å². The zero-order valence-corrected chi connectivity index (χ0v) is 18.1. The summed E-state index contributed by atoms with van der Waals surface area (Å²) in [5, 5.41) is 4.44. The van der Waals surface area contributed by atoms with Crippen LogP contribution in [-0.2, 0) is 9.63 Å². The first-order valence-electron chi connectivity index (χ1n) is 12.2. The predicted octanol–water partition coefficient (Wildman–Crippen LogP) is 7.16. The van der Waals surface area contributed by atoms with Crippen LogP contribution < -0.4 is 0 Å². The number of hydrogen-bond acceptors (Lipinski definition) is 4. The fraction of sp³-hybridized carbons (Fsp3) is 0.875. The van der Waals surface area contributed by atoms with Gasteiger partial charge in [0.15, 0.2) is 0 Å². The van der Waals surface area contributed by atoms with Crippen LogP contribution in [0, 0.1) is 0 Å². The lowest BCUT2D eigenvalue weighted by Crippen LogP contribution is -2.17. The average Bonchev–Trinajstić information content (AvgIpc) is 2.71. The van der Waals surface area contributed by atoms with Crippen LogP contribution in [0.4, 0.5) is 0 Å². The van der Waals surface area contributed by atoms with Crippen molar-refractivity contribution in [2.45, 2.75) is 128 Å². The van der Waals surface area contributed by atoms with Crippen molar-refractivity contribution in [3.05, 3.63) is 0 Å². The summed E-state index contributed by atoms with van der Waals surface area (Å²) in [6.07, 6.45) is 23.7. The molecule has 0 spiro atoms. The van der Waals surface area contributed by atoms with E-state index in [1.165, 1.54) is 89.9 Å². The fourth-order valence-electron chi connectivity index (χ4n) is 4.13. The Balaban J connectivity index is 1.92. The molecule has 0 N–H and O–H groups in total. The highest BCUT2D eigenvalue weighted by Crippen LogP contribution is 2.16. The molecule has 0 bridgehead atoms. The Bertz CT molecular complexity index is 471. The molecule has 0 unspecified atom stereocenters. The number of nitrogens with zero attached hydrogens (tertiary/aromatic N) is 2. The number of carbonyl (C=O) groups is 1. The number of ketones is 1. The number of aliphatic imine (C=N–C) groups is 1. The van der Waals surface area contributed by atoms with Crippen LogP contribution in [0.3, 0.4) is 0 Å². The highest BCUT2D eigenvalue weighted by molar-refractivity contribution is 6.36. The molecule has 0 saturated heterocycles. The van der Waals surface area contributed by atoms with E-state index in [-0.39, 0.29) is 11.7 Å². The molecule has 1 aliphatic heterocycles. The molecule has 4 nitrogen and oxygen atoms in total. The van der Waals surface area contributed by atoms with Gasteiger partial charge in [0.05, 0.1) is 5.71 Å². The molecule has 0 aromatic rings. The molecule has 160 valence electrons. The molecule has 0 amide bonds. The monoisotopic (exact) mass is 390 g/mol. The van der Waals surface area contributed by atoms with Gasteiger partial charge in [-0.2, -0.15) is 0 Å². The Kier molecular flexibility index (Phi) is 12.9. The van der Waals surface area contributed by atoms with E-state index in [1.54, 1.807) is 0 Å². The van der Waals surface area contributed by atoms with E-state index in [2.05, 4.69) is 10.1 Å². The van der Waals surface area contributed by atoms with Gasteiger partial charge in [-0.05, 0) is 38.5 Å². The summed E-state index contributed by atoms with van der Waals surface area (Å²) >= 11 is 0. The van der Waals surface area contributed by atoms with Crippen LogP contribution in [0.25, 0.3) is 0 Å². The molecule has 2 aliphatic rings. The minimum atomic E-state index is 0.0387. The predicted molar refractivity (Wildman–Crippen MR) is 118 cm³/mol. The molecule has 0 radical (unpaired) electrons. The van der Waals surface area contributed by atoms with Crippen molar-refractivity contribution in [3.63, 3.8) is 0 Å². The van der Waals surface area contributed by atoms with Crippen LogP contribution in [0.2, 0.25) is 0 Å². The summed E-state index contributed by atoms with van der Waals surface area (Å²) in [5.74, 6) is 0.301. The molecule has 0 atom stereocenters. The highest BCUT2D eigenvalue weighted by atomic mass is 16.6. The lowest BCUT2D eigenvalue weighted by molar-refractivity contribution is -0.114. The average molecular weight is 391 g/mol. The number of Topliss-reactive ketones (excluding diaryl/α,β-unsaturated/α-hetero) is 1. The summed E-state index contributed by atoms with van der Waals surface area (Å²) in [5.41, 5.74) is 1.12. The van der Waals surface area contributed by atoms with Gasteiger partial charge in [0.2, 0.25) is 5.78 Å². The summed E-state index contributed by atoms with van der Waals surface area (Å²) in [4.78, 5) is 22.7. The van der Waals surface area contributed by atoms with Crippen LogP contribution in [0.1, 0.15) is 128 Å². The molecule has 2 rings (SSSR count). The topological polar surface area (TPSA) is 51.0 Å². The Morgan fingerprint density at radius 3 is 1.54 bits per heavy atom. The van der Waals surface area contributed by atoms with Gasteiger partial charge in [-0.1, -0.05) is 88.6 Å². The van der Waals surface area contributed by atoms with Gasteiger partial charge in [0.1, 0.15) is 0 Å². The van der Waals surface area contributed by atoms with Gasteiger partial charge >= 0.3 is 0 Å². The van der Waals surface area contributed by atoms with Crippen molar-refractivity contribution in [1.82, 2.24) is 0 Å². The van der Waals surface area contributed by atoms with Crippen molar-refractivity contribution < 1.29 is 9.63 Å². The zero-order valence-electron chi connectivity index (χ0n) is 18.1. The Morgan fingerprint density at radius 2 is 1.00 bits per heavy atom. The Hall–Kier alpha value is -1.19. The van der Waals surface area contributed by atoms with Crippen molar-refractivity contribution in [1.29, 1.82) is 0 Å². The first-order valence-corrected chi connectivity index (χ1v) is 12.2. The maximum Gasteiger partial charge on any atom is 0.287 e. The fourth-order valence-corrected chi connectivity index (χ4v) is 4.13. The molecule has 1 heterocycles. The number of oxime groups is 1. The second-order valence-electron chi connectivity index (χ2n) is 8.62. The molecule has 1 aliphatic carbocycles. The normalized spacial score (nSPS) is 23.1. The lowest BCUT2D eigenvalue weighted by atomic mass is 10.00.